The van der Waals surface area contributed by atoms with E-state index in [0.29, 0.717) is 19.1 Å². The van der Waals surface area contributed by atoms with Crippen LogP contribution in [0.4, 0.5) is 13.2 Å². The molecule has 2 fully saturated rings. The van der Waals surface area contributed by atoms with Gasteiger partial charge < -0.3 is 10.2 Å². The molecule has 0 unspecified atom stereocenters. The molecule has 0 aromatic rings. The summed E-state index contributed by atoms with van der Waals surface area (Å²) in [5.74, 6) is 0. The van der Waals surface area contributed by atoms with Gasteiger partial charge in [-0.1, -0.05) is 0 Å². The van der Waals surface area contributed by atoms with Crippen LogP contribution in [0.3, 0.4) is 0 Å². The number of likely N-dealkylation sites (N-methyl/N-ethyl adjacent to an activating group) is 1. The van der Waals surface area contributed by atoms with E-state index in [4.69, 9.17) is 0 Å². The number of hydrogen-bond acceptors (Lipinski definition) is 3. The average molecular weight is 265 g/mol. The fraction of sp³-hybridized carbons (Fsp3) is 1.00. The minimum atomic E-state index is -4.07. The van der Waals surface area contributed by atoms with Crippen LogP contribution in [-0.4, -0.2) is 67.8 Å². The van der Waals surface area contributed by atoms with Crippen LogP contribution in [0.15, 0.2) is 0 Å². The molecule has 6 heteroatoms. The third-order valence-corrected chi connectivity index (χ3v) is 3.77. The highest BCUT2D eigenvalue weighted by atomic mass is 19.4. The minimum Gasteiger partial charge on any atom is -0.309 e. The first-order valence-corrected chi connectivity index (χ1v) is 6.66. The van der Waals surface area contributed by atoms with Gasteiger partial charge >= 0.3 is 6.18 Å². The Bertz CT molecular complexity index is 270. The lowest BCUT2D eigenvalue weighted by molar-refractivity contribution is -0.143. The van der Waals surface area contributed by atoms with E-state index in [1.165, 1.54) is 11.3 Å². The number of nitrogens with one attached hydrogen (secondary N) is 1. The normalized spacial score (nSPS) is 32.0. The molecular weight excluding hydrogens is 243 g/mol. The Hall–Kier alpha value is -0.330. The van der Waals surface area contributed by atoms with Gasteiger partial charge in [-0.2, -0.15) is 13.2 Å². The Morgan fingerprint density at radius 3 is 2.50 bits per heavy atom. The number of likely N-dealkylation sites (tertiary alicyclic amines) is 2. The molecule has 18 heavy (non-hydrogen) atoms. The molecule has 0 aromatic carbocycles. The molecule has 0 radical (unpaired) electrons. The molecule has 2 atom stereocenters. The molecule has 0 aliphatic carbocycles. The molecule has 0 aromatic heterocycles. The predicted octanol–water partition coefficient (Wildman–Crippen LogP) is 1.31. The molecule has 3 nitrogen and oxygen atoms in total. The fourth-order valence-electron chi connectivity index (χ4n) is 3.00. The van der Waals surface area contributed by atoms with Gasteiger partial charge in [0.15, 0.2) is 0 Å². The van der Waals surface area contributed by atoms with Crippen LogP contribution in [0.25, 0.3) is 0 Å². The van der Waals surface area contributed by atoms with E-state index in [-0.39, 0.29) is 6.04 Å². The summed E-state index contributed by atoms with van der Waals surface area (Å²) in [7, 11) is 2.10. The quantitative estimate of drug-likeness (QED) is 0.830. The van der Waals surface area contributed by atoms with Crippen molar-refractivity contribution >= 4 is 0 Å². The summed E-state index contributed by atoms with van der Waals surface area (Å²) in [6.45, 7) is 2.45. The molecule has 0 saturated carbocycles. The van der Waals surface area contributed by atoms with Crippen molar-refractivity contribution in [2.45, 2.75) is 37.5 Å². The largest absolute Gasteiger partial charge is 0.401 e. The Balaban J connectivity index is 1.72. The van der Waals surface area contributed by atoms with Crippen LogP contribution in [0, 0.1) is 0 Å². The van der Waals surface area contributed by atoms with Gasteiger partial charge in [-0.05, 0) is 32.9 Å². The van der Waals surface area contributed by atoms with E-state index in [1.807, 2.05) is 0 Å². The van der Waals surface area contributed by atoms with Crippen LogP contribution in [-0.2, 0) is 0 Å². The second-order valence-corrected chi connectivity index (χ2v) is 5.60. The number of nitrogens with zero attached hydrogens (tertiary/aromatic N) is 2. The van der Waals surface area contributed by atoms with Gasteiger partial charge in [0.2, 0.25) is 0 Å². The van der Waals surface area contributed by atoms with Gasteiger partial charge in [0, 0.05) is 31.7 Å². The molecule has 2 saturated heterocycles. The molecule has 0 bridgehead atoms. The first kappa shape index (κ1) is 14.1. The van der Waals surface area contributed by atoms with E-state index in [2.05, 4.69) is 17.3 Å². The van der Waals surface area contributed by atoms with Crippen LogP contribution >= 0.6 is 0 Å². The zero-order valence-corrected chi connectivity index (χ0v) is 10.8. The summed E-state index contributed by atoms with van der Waals surface area (Å²) >= 11 is 0. The van der Waals surface area contributed by atoms with Crippen molar-refractivity contribution in [3.8, 4) is 0 Å². The standard InChI is InChI=1S/C12H22F3N3/c1-17-5-2-3-10(7-17)16-11-4-6-18(8-11)9-12(13,14)15/h10-11,16H,2-9H2,1H3/t10-,11-/m0/s1. The van der Waals surface area contributed by atoms with Crippen molar-refractivity contribution in [2.24, 2.45) is 0 Å². The van der Waals surface area contributed by atoms with Crippen molar-refractivity contribution in [2.75, 3.05) is 39.8 Å². The van der Waals surface area contributed by atoms with Crippen LogP contribution < -0.4 is 5.32 Å². The smallest absolute Gasteiger partial charge is 0.309 e. The number of piperidine rings is 1. The maximum absolute atomic E-state index is 12.3. The molecule has 0 amide bonds. The number of hydrogen-bond donors (Lipinski definition) is 1. The Morgan fingerprint density at radius 1 is 1.11 bits per heavy atom. The summed E-state index contributed by atoms with van der Waals surface area (Å²) in [6, 6.07) is 0.670. The van der Waals surface area contributed by atoms with Gasteiger partial charge in [-0.15, -0.1) is 0 Å². The first-order chi connectivity index (χ1) is 8.42. The summed E-state index contributed by atoms with van der Waals surface area (Å²) < 4.78 is 36.8. The number of halogens is 3. The minimum absolute atomic E-state index is 0.226. The summed E-state index contributed by atoms with van der Waals surface area (Å²) in [6.07, 6.45) is -0.927. The van der Waals surface area contributed by atoms with E-state index in [1.54, 1.807) is 0 Å². The van der Waals surface area contributed by atoms with E-state index in [9.17, 15) is 13.2 Å². The Labute approximate surface area is 106 Å². The zero-order valence-electron chi connectivity index (χ0n) is 10.8. The van der Waals surface area contributed by atoms with Crippen molar-refractivity contribution in [3.63, 3.8) is 0 Å². The van der Waals surface area contributed by atoms with E-state index in [0.717, 1.165) is 25.9 Å². The van der Waals surface area contributed by atoms with Gasteiger partial charge in [-0.3, -0.25) is 4.90 Å². The number of rotatable bonds is 3. The van der Waals surface area contributed by atoms with Crippen molar-refractivity contribution in [3.05, 3.63) is 0 Å². The highest BCUT2D eigenvalue weighted by Gasteiger charge is 2.34. The highest BCUT2D eigenvalue weighted by molar-refractivity contribution is 4.87. The van der Waals surface area contributed by atoms with Crippen molar-refractivity contribution in [1.82, 2.24) is 15.1 Å². The third kappa shape index (κ3) is 4.40. The van der Waals surface area contributed by atoms with Gasteiger partial charge in [0.25, 0.3) is 0 Å². The topological polar surface area (TPSA) is 18.5 Å². The zero-order chi connectivity index (χ0) is 13.2. The van der Waals surface area contributed by atoms with Crippen molar-refractivity contribution in [1.29, 1.82) is 0 Å². The summed E-state index contributed by atoms with van der Waals surface area (Å²) in [5, 5.41) is 3.51. The first-order valence-electron chi connectivity index (χ1n) is 6.66. The highest BCUT2D eigenvalue weighted by Crippen LogP contribution is 2.20. The van der Waals surface area contributed by atoms with E-state index < -0.39 is 12.7 Å². The van der Waals surface area contributed by atoms with Gasteiger partial charge in [-0.25, -0.2) is 0 Å². The Kier molecular flexibility index (Phi) is 4.50. The fourth-order valence-corrected chi connectivity index (χ4v) is 3.00. The maximum atomic E-state index is 12.3. The molecule has 0 spiro atoms. The van der Waals surface area contributed by atoms with Crippen LogP contribution in [0.2, 0.25) is 0 Å². The number of alkyl halides is 3. The molecule has 106 valence electrons. The van der Waals surface area contributed by atoms with Crippen LogP contribution in [0.5, 0.6) is 0 Å². The van der Waals surface area contributed by atoms with Crippen molar-refractivity contribution < 1.29 is 13.2 Å². The van der Waals surface area contributed by atoms with Gasteiger partial charge in [0.05, 0.1) is 6.54 Å². The lowest BCUT2D eigenvalue weighted by atomic mass is 10.1. The summed E-state index contributed by atoms with van der Waals surface area (Å²) in [5.41, 5.74) is 0. The molecule has 1 N–H and O–H groups in total. The SMILES string of the molecule is CN1CCC[C@H](N[C@H]2CCN(CC(F)(F)F)C2)C1. The molecule has 2 heterocycles. The summed E-state index contributed by atoms with van der Waals surface area (Å²) in [4.78, 5) is 3.79. The predicted molar refractivity (Wildman–Crippen MR) is 64.6 cm³/mol. The second kappa shape index (κ2) is 5.75. The average Bonchev–Trinajstić information content (AvgIpc) is 2.62. The molecular formula is C12H22F3N3. The second-order valence-electron chi connectivity index (χ2n) is 5.60. The maximum Gasteiger partial charge on any atom is 0.401 e. The molecule has 2 aliphatic heterocycles. The monoisotopic (exact) mass is 265 g/mol. The van der Waals surface area contributed by atoms with Crippen LogP contribution in [0.1, 0.15) is 19.3 Å². The lowest BCUT2D eigenvalue weighted by Crippen LogP contribution is -2.48. The third-order valence-electron chi connectivity index (χ3n) is 3.77. The molecule has 2 aliphatic rings. The lowest BCUT2D eigenvalue weighted by Gasteiger charge is -2.32. The molecule has 2 rings (SSSR count). The van der Waals surface area contributed by atoms with Gasteiger partial charge in [0.1, 0.15) is 0 Å². The van der Waals surface area contributed by atoms with E-state index >= 15 is 0 Å². The Morgan fingerprint density at radius 2 is 1.83 bits per heavy atom.